The highest BCUT2D eigenvalue weighted by atomic mass is 19.2. The van der Waals surface area contributed by atoms with E-state index in [4.69, 9.17) is 15.5 Å². The minimum absolute atomic E-state index is 0.0602. The number of imidazole rings is 1. The maximum atomic E-state index is 14.1. The minimum atomic E-state index is -0.931. The number of nitrogens with zero attached hydrogens (tertiary/aromatic N) is 3. The van der Waals surface area contributed by atoms with Gasteiger partial charge in [-0.2, -0.15) is 0 Å². The lowest BCUT2D eigenvalue weighted by Gasteiger charge is -2.07. The zero-order valence-corrected chi connectivity index (χ0v) is 19.6. The molecule has 0 atom stereocenters. The third kappa shape index (κ3) is 4.87. The molecule has 0 aliphatic heterocycles. The Morgan fingerprint density at radius 3 is 2.72 bits per heavy atom. The second-order valence-corrected chi connectivity index (χ2v) is 8.24. The molecule has 0 aliphatic carbocycles. The Labute approximate surface area is 206 Å². The van der Waals surface area contributed by atoms with Crippen molar-refractivity contribution in [1.82, 2.24) is 19.9 Å². The van der Waals surface area contributed by atoms with Crippen molar-refractivity contribution in [3.8, 4) is 28.4 Å². The Morgan fingerprint density at radius 1 is 1.03 bits per heavy atom. The van der Waals surface area contributed by atoms with E-state index in [1.54, 1.807) is 6.20 Å². The number of anilines is 1. The molecule has 0 bridgehead atoms. The van der Waals surface area contributed by atoms with Crippen molar-refractivity contribution >= 4 is 16.6 Å². The average Bonchev–Trinajstić information content (AvgIpc) is 3.32. The van der Waals surface area contributed by atoms with Gasteiger partial charge in [0.15, 0.2) is 11.6 Å². The van der Waals surface area contributed by atoms with Crippen LogP contribution in [-0.4, -0.2) is 33.1 Å². The van der Waals surface area contributed by atoms with E-state index < -0.39 is 11.6 Å². The van der Waals surface area contributed by atoms with Crippen molar-refractivity contribution in [3.05, 3.63) is 90.0 Å². The molecule has 182 valence electrons. The number of halogens is 2. The quantitative estimate of drug-likeness (QED) is 0.278. The molecule has 3 heterocycles. The van der Waals surface area contributed by atoms with Gasteiger partial charge in [-0.1, -0.05) is 18.2 Å². The van der Waals surface area contributed by atoms with Gasteiger partial charge in [0.05, 0.1) is 41.0 Å². The number of aromatic nitrogens is 4. The first-order chi connectivity index (χ1) is 17.5. The van der Waals surface area contributed by atoms with E-state index in [0.717, 1.165) is 39.6 Å². The molecule has 5 rings (SSSR count). The summed E-state index contributed by atoms with van der Waals surface area (Å²) >= 11 is 0. The SMILES string of the molecule is Cc1cccc(-c2[nH]c(CNc3cccc(F)c3F)nc2-c2ccc3ncc(OCCN)cc3c2)n1. The van der Waals surface area contributed by atoms with E-state index in [1.807, 2.05) is 49.4 Å². The largest absolute Gasteiger partial charge is 0.491 e. The van der Waals surface area contributed by atoms with E-state index in [1.165, 1.54) is 12.1 Å². The van der Waals surface area contributed by atoms with E-state index in [0.29, 0.717) is 30.4 Å². The van der Waals surface area contributed by atoms with Gasteiger partial charge >= 0.3 is 0 Å². The molecule has 4 N–H and O–H groups in total. The van der Waals surface area contributed by atoms with Crippen molar-refractivity contribution < 1.29 is 13.5 Å². The number of pyridine rings is 2. The zero-order chi connectivity index (χ0) is 25.1. The number of ether oxygens (including phenoxy) is 1. The highest BCUT2D eigenvalue weighted by Crippen LogP contribution is 2.32. The lowest BCUT2D eigenvalue weighted by atomic mass is 10.1. The second-order valence-electron chi connectivity index (χ2n) is 8.24. The number of fused-ring (bicyclic) bond motifs is 1. The number of hydrogen-bond acceptors (Lipinski definition) is 6. The first-order valence-corrected chi connectivity index (χ1v) is 11.5. The summed E-state index contributed by atoms with van der Waals surface area (Å²) < 4.78 is 33.4. The van der Waals surface area contributed by atoms with Gasteiger partial charge in [-0.05, 0) is 49.4 Å². The monoisotopic (exact) mass is 486 g/mol. The van der Waals surface area contributed by atoms with E-state index in [9.17, 15) is 8.78 Å². The van der Waals surface area contributed by atoms with E-state index >= 15 is 0 Å². The van der Waals surface area contributed by atoms with Crippen molar-refractivity contribution in [3.63, 3.8) is 0 Å². The number of nitrogens with one attached hydrogen (secondary N) is 2. The highest BCUT2D eigenvalue weighted by Gasteiger charge is 2.17. The number of aromatic amines is 1. The molecule has 0 spiro atoms. The molecule has 7 nitrogen and oxygen atoms in total. The number of rotatable bonds is 8. The standard InChI is InChI=1S/C27H24F2N6O/c1-16-4-2-7-23(33-16)27-26(34-24(35-27)15-32-22-6-3-5-20(28)25(22)29)17-8-9-21-18(12-17)13-19(14-31-21)36-11-10-30/h2-9,12-14,32H,10-11,15,30H2,1H3,(H,34,35). The second kappa shape index (κ2) is 10.1. The van der Waals surface area contributed by atoms with Crippen molar-refractivity contribution in [2.45, 2.75) is 13.5 Å². The van der Waals surface area contributed by atoms with Crippen LogP contribution in [0.25, 0.3) is 33.5 Å². The maximum absolute atomic E-state index is 14.1. The fourth-order valence-corrected chi connectivity index (χ4v) is 3.92. The molecule has 0 unspecified atom stereocenters. The third-order valence-electron chi connectivity index (χ3n) is 5.61. The van der Waals surface area contributed by atoms with E-state index in [-0.39, 0.29) is 12.2 Å². The third-order valence-corrected chi connectivity index (χ3v) is 5.61. The molecule has 0 aliphatic rings. The average molecular weight is 487 g/mol. The summed E-state index contributed by atoms with van der Waals surface area (Å²) in [4.78, 5) is 17.2. The van der Waals surface area contributed by atoms with Gasteiger partial charge in [-0.3, -0.25) is 9.97 Å². The van der Waals surface area contributed by atoms with Crippen molar-refractivity contribution in [1.29, 1.82) is 0 Å². The summed E-state index contributed by atoms with van der Waals surface area (Å²) in [6, 6.07) is 17.5. The highest BCUT2D eigenvalue weighted by molar-refractivity contribution is 5.87. The molecule has 0 saturated carbocycles. The predicted octanol–water partition coefficient (Wildman–Crippen LogP) is 5.22. The van der Waals surface area contributed by atoms with Gasteiger partial charge in [0.25, 0.3) is 0 Å². The van der Waals surface area contributed by atoms with Crippen LogP contribution in [0.2, 0.25) is 0 Å². The Hall–Kier alpha value is -4.37. The van der Waals surface area contributed by atoms with E-state index in [2.05, 4.69) is 20.3 Å². The number of aryl methyl sites for hydroxylation is 1. The molecule has 0 amide bonds. The smallest absolute Gasteiger partial charge is 0.181 e. The summed E-state index contributed by atoms with van der Waals surface area (Å²) in [6.45, 7) is 2.89. The normalized spacial score (nSPS) is 11.1. The first kappa shape index (κ1) is 23.4. The van der Waals surface area contributed by atoms with Crippen LogP contribution in [-0.2, 0) is 6.54 Å². The Bertz CT molecular complexity index is 1530. The number of H-pyrrole nitrogens is 1. The Morgan fingerprint density at radius 2 is 1.89 bits per heavy atom. The lowest BCUT2D eigenvalue weighted by molar-refractivity contribution is 0.327. The molecule has 36 heavy (non-hydrogen) atoms. The van der Waals surface area contributed by atoms with Crippen LogP contribution < -0.4 is 15.8 Å². The lowest BCUT2D eigenvalue weighted by Crippen LogP contribution is -2.10. The maximum Gasteiger partial charge on any atom is 0.181 e. The number of hydrogen-bond donors (Lipinski definition) is 3. The summed E-state index contributed by atoms with van der Waals surface area (Å²) in [7, 11) is 0. The van der Waals surface area contributed by atoms with Gasteiger partial charge in [0, 0.05) is 23.2 Å². The van der Waals surface area contributed by atoms with Crippen LogP contribution in [0.15, 0.2) is 66.9 Å². The van der Waals surface area contributed by atoms with Gasteiger partial charge in [0.2, 0.25) is 0 Å². The molecule has 0 saturated heterocycles. The topological polar surface area (TPSA) is 102 Å². The van der Waals surface area contributed by atoms with Crippen molar-refractivity contribution in [2.24, 2.45) is 5.73 Å². The summed E-state index contributed by atoms with van der Waals surface area (Å²) in [5.74, 6) is -0.663. The molecule has 0 fully saturated rings. The van der Waals surface area contributed by atoms with Gasteiger partial charge in [-0.15, -0.1) is 0 Å². The summed E-state index contributed by atoms with van der Waals surface area (Å²) in [5.41, 5.74) is 10.2. The molecular weight excluding hydrogens is 462 g/mol. The molecule has 0 radical (unpaired) electrons. The Balaban J connectivity index is 1.54. The molecule has 3 aromatic heterocycles. The fraction of sp³-hybridized carbons (Fsp3) is 0.148. The summed E-state index contributed by atoms with van der Waals surface area (Å²) in [5, 5.41) is 3.80. The predicted molar refractivity (Wildman–Crippen MR) is 136 cm³/mol. The molecular formula is C27H24F2N6O. The minimum Gasteiger partial charge on any atom is -0.491 e. The zero-order valence-electron chi connectivity index (χ0n) is 19.6. The summed E-state index contributed by atoms with van der Waals surface area (Å²) in [6.07, 6.45) is 1.67. The van der Waals surface area contributed by atoms with Crippen LogP contribution in [0, 0.1) is 18.6 Å². The Kier molecular flexibility index (Phi) is 6.55. The molecule has 5 aromatic rings. The van der Waals surface area contributed by atoms with Gasteiger partial charge < -0.3 is 20.8 Å². The van der Waals surface area contributed by atoms with Crippen LogP contribution in [0.5, 0.6) is 5.75 Å². The van der Waals surface area contributed by atoms with Crippen molar-refractivity contribution in [2.75, 3.05) is 18.5 Å². The van der Waals surface area contributed by atoms with Crippen LogP contribution in [0.3, 0.4) is 0 Å². The van der Waals surface area contributed by atoms with Crippen LogP contribution >= 0.6 is 0 Å². The first-order valence-electron chi connectivity index (χ1n) is 11.5. The van der Waals surface area contributed by atoms with Crippen LogP contribution in [0.4, 0.5) is 14.5 Å². The molecule has 9 heteroatoms. The van der Waals surface area contributed by atoms with Gasteiger partial charge in [0.1, 0.15) is 18.2 Å². The van der Waals surface area contributed by atoms with Gasteiger partial charge in [-0.25, -0.2) is 13.8 Å². The van der Waals surface area contributed by atoms with Crippen LogP contribution in [0.1, 0.15) is 11.5 Å². The molecule has 2 aromatic carbocycles. The number of nitrogens with two attached hydrogens (primary N) is 1. The number of benzene rings is 2. The fourth-order valence-electron chi connectivity index (χ4n) is 3.92.